The van der Waals surface area contributed by atoms with Crippen molar-refractivity contribution in [3.63, 3.8) is 0 Å². The third-order valence-electron chi connectivity index (χ3n) is 5.48. The third-order valence-corrected chi connectivity index (χ3v) is 7.83. The standard InChI is InChI=1S/C23H24N4O3S2/c1-13(2)12-31-22-25-24-21-26(14-6-8-15(29-5)9-7-14)19(28)18-16-10-23(3,4)30-11-17(16)32-20(18)27(21)22/h6-9H,1,10-12H2,2-5H3. The Balaban J connectivity index is 1.85. The molecule has 1 aromatic carbocycles. The average molecular weight is 469 g/mol. The first-order valence-electron chi connectivity index (χ1n) is 10.3. The Bertz CT molecular complexity index is 1410. The summed E-state index contributed by atoms with van der Waals surface area (Å²) in [5.41, 5.74) is 2.43. The van der Waals surface area contributed by atoms with E-state index in [9.17, 15) is 4.79 Å². The molecular weight excluding hydrogens is 444 g/mol. The van der Waals surface area contributed by atoms with Gasteiger partial charge < -0.3 is 9.47 Å². The van der Waals surface area contributed by atoms with E-state index in [2.05, 4.69) is 30.6 Å². The lowest BCUT2D eigenvalue weighted by atomic mass is 9.94. The minimum Gasteiger partial charge on any atom is -0.497 e. The normalized spacial score (nSPS) is 15.2. The second kappa shape index (κ2) is 7.75. The molecule has 166 valence electrons. The zero-order chi connectivity index (χ0) is 22.6. The predicted molar refractivity (Wildman–Crippen MR) is 129 cm³/mol. The van der Waals surface area contributed by atoms with Crippen molar-refractivity contribution in [2.45, 2.75) is 44.6 Å². The van der Waals surface area contributed by atoms with Crippen molar-refractivity contribution in [3.8, 4) is 11.4 Å². The Hall–Kier alpha value is -2.62. The number of aromatic nitrogens is 4. The Kier molecular flexibility index (Phi) is 5.15. The fourth-order valence-corrected chi connectivity index (χ4v) is 6.00. The van der Waals surface area contributed by atoms with E-state index in [1.807, 2.05) is 35.6 Å². The van der Waals surface area contributed by atoms with Gasteiger partial charge in [0.25, 0.3) is 5.56 Å². The number of thiophene rings is 1. The second-order valence-corrected chi connectivity index (χ2v) is 10.6. The zero-order valence-corrected chi connectivity index (χ0v) is 20.1. The maximum absolute atomic E-state index is 13.9. The topological polar surface area (TPSA) is 70.7 Å². The van der Waals surface area contributed by atoms with Gasteiger partial charge in [0.1, 0.15) is 10.6 Å². The van der Waals surface area contributed by atoms with Gasteiger partial charge in [-0.05, 0) is 50.6 Å². The van der Waals surface area contributed by atoms with E-state index < -0.39 is 0 Å². The summed E-state index contributed by atoms with van der Waals surface area (Å²) in [5.74, 6) is 1.95. The first-order valence-corrected chi connectivity index (χ1v) is 12.1. The molecule has 4 heterocycles. The van der Waals surface area contributed by atoms with Gasteiger partial charge in [0.05, 0.1) is 30.4 Å². The highest BCUT2D eigenvalue weighted by Gasteiger charge is 2.32. The summed E-state index contributed by atoms with van der Waals surface area (Å²) >= 11 is 3.17. The minimum atomic E-state index is -0.321. The summed E-state index contributed by atoms with van der Waals surface area (Å²) in [6, 6.07) is 7.42. The number of hydrogen-bond donors (Lipinski definition) is 0. The second-order valence-electron chi connectivity index (χ2n) is 8.61. The van der Waals surface area contributed by atoms with Crippen LogP contribution in [0.15, 0.2) is 46.4 Å². The van der Waals surface area contributed by atoms with Crippen LogP contribution in [0.1, 0.15) is 31.2 Å². The van der Waals surface area contributed by atoms with Gasteiger partial charge in [0.15, 0.2) is 5.16 Å². The summed E-state index contributed by atoms with van der Waals surface area (Å²) < 4.78 is 15.0. The van der Waals surface area contributed by atoms with Crippen LogP contribution in [0.4, 0.5) is 0 Å². The molecule has 0 bridgehead atoms. The summed E-state index contributed by atoms with van der Waals surface area (Å²) in [6.45, 7) is 10.6. The van der Waals surface area contributed by atoms with E-state index >= 15 is 0 Å². The lowest BCUT2D eigenvalue weighted by molar-refractivity contribution is -0.0379. The molecule has 0 amide bonds. The molecule has 3 aromatic heterocycles. The number of methoxy groups -OCH3 is 1. The van der Waals surface area contributed by atoms with Crippen LogP contribution in [-0.4, -0.2) is 37.6 Å². The molecule has 0 saturated heterocycles. The molecule has 5 rings (SSSR count). The predicted octanol–water partition coefficient (Wildman–Crippen LogP) is 4.62. The number of fused-ring (bicyclic) bond motifs is 5. The first-order chi connectivity index (χ1) is 15.3. The summed E-state index contributed by atoms with van der Waals surface area (Å²) in [6.07, 6.45) is 0.683. The molecule has 1 aliphatic heterocycles. The molecule has 0 radical (unpaired) electrons. The summed E-state index contributed by atoms with van der Waals surface area (Å²) in [4.78, 5) is 15.9. The highest BCUT2D eigenvalue weighted by molar-refractivity contribution is 7.99. The fraction of sp³-hybridized carbons (Fsp3) is 0.348. The van der Waals surface area contributed by atoms with Crippen molar-refractivity contribution < 1.29 is 9.47 Å². The number of nitrogens with zero attached hydrogens (tertiary/aromatic N) is 4. The highest BCUT2D eigenvalue weighted by Crippen LogP contribution is 2.39. The number of thioether (sulfide) groups is 1. The molecule has 0 fully saturated rings. The Morgan fingerprint density at radius 1 is 1.31 bits per heavy atom. The van der Waals surface area contributed by atoms with E-state index in [0.29, 0.717) is 18.8 Å². The maximum atomic E-state index is 13.9. The molecule has 32 heavy (non-hydrogen) atoms. The van der Waals surface area contributed by atoms with E-state index in [0.717, 1.165) is 48.6 Å². The largest absolute Gasteiger partial charge is 0.497 e. The van der Waals surface area contributed by atoms with Crippen molar-refractivity contribution in [1.29, 1.82) is 0 Å². The maximum Gasteiger partial charge on any atom is 0.268 e. The molecule has 1 aliphatic rings. The van der Waals surface area contributed by atoms with Crippen LogP contribution in [0.3, 0.4) is 0 Å². The molecule has 0 aliphatic carbocycles. The SMILES string of the molecule is C=C(C)CSc1nnc2n(-c3ccc(OC)cc3)c(=O)c3c4c(sc3n12)COC(C)(C)C4. The molecule has 4 aromatic rings. The Morgan fingerprint density at radius 2 is 2.06 bits per heavy atom. The smallest absolute Gasteiger partial charge is 0.268 e. The van der Waals surface area contributed by atoms with Crippen LogP contribution >= 0.6 is 23.1 Å². The lowest BCUT2D eigenvalue weighted by Crippen LogP contribution is -2.32. The third kappa shape index (κ3) is 3.44. The van der Waals surface area contributed by atoms with Crippen LogP contribution in [-0.2, 0) is 17.8 Å². The molecular formula is C23H24N4O3S2. The monoisotopic (exact) mass is 468 g/mol. The zero-order valence-electron chi connectivity index (χ0n) is 18.5. The van der Waals surface area contributed by atoms with Crippen molar-refractivity contribution in [2.24, 2.45) is 0 Å². The van der Waals surface area contributed by atoms with Gasteiger partial charge in [-0.3, -0.25) is 4.79 Å². The van der Waals surface area contributed by atoms with E-state index in [1.165, 1.54) is 0 Å². The average Bonchev–Trinajstić information content (AvgIpc) is 3.33. The fourth-order valence-electron chi connectivity index (χ4n) is 3.95. The number of benzene rings is 1. The van der Waals surface area contributed by atoms with Gasteiger partial charge in [0.2, 0.25) is 5.78 Å². The lowest BCUT2D eigenvalue weighted by Gasteiger charge is -2.29. The highest BCUT2D eigenvalue weighted by atomic mass is 32.2. The van der Waals surface area contributed by atoms with E-state index in [-0.39, 0.29) is 11.2 Å². The number of ether oxygens (including phenoxy) is 2. The van der Waals surface area contributed by atoms with Gasteiger partial charge in [-0.15, -0.1) is 21.5 Å². The minimum absolute atomic E-state index is 0.0864. The summed E-state index contributed by atoms with van der Waals surface area (Å²) in [7, 11) is 1.62. The van der Waals surface area contributed by atoms with E-state index in [1.54, 1.807) is 34.8 Å². The van der Waals surface area contributed by atoms with Crippen molar-refractivity contribution in [2.75, 3.05) is 12.9 Å². The van der Waals surface area contributed by atoms with Crippen LogP contribution in [0, 0.1) is 0 Å². The van der Waals surface area contributed by atoms with Crippen molar-refractivity contribution >= 4 is 39.1 Å². The molecule has 0 saturated carbocycles. The van der Waals surface area contributed by atoms with Gasteiger partial charge >= 0.3 is 0 Å². The number of hydrogen-bond acceptors (Lipinski definition) is 7. The van der Waals surface area contributed by atoms with Gasteiger partial charge in [-0.2, -0.15) is 0 Å². The molecule has 0 N–H and O–H groups in total. The quantitative estimate of drug-likeness (QED) is 0.314. The van der Waals surface area contributed by atoms with Crippen LogP contribution < -0.4 is 10.3 Å². The van der Waals surface area contributed by atoms with Crippen LogP contribution in [0.2, 0.25) is 0 Å². The van der Waals surface area contributed by atoms with Crippen LogP contribution in [0.5, 0.6) is 5.75 Å². The van der Waals surface area contributed by atoms with Crippen molar-refractivity contribution in [3.05, 3.63) is 57.2 Å². The number of rotatable bonds is 5. The Labute approximate surface area is 193 Å². The van der Waals surface area contributed by atoms with Crippen LogP contribution in [0.25, 0.3) is 21.7 Å². The molecule has 0 unspecified atom stereocenters. The Morgan fingerprint density at radius 3 is 2.75 bits per heavy atom. The molecule has 7 nitrogen and oxygen atoms in total. The van der Waals surface area contributed by atoms with Crippen molar-refractivity contribution in [1.82, 2.24) is 19.2 Å². The first kappa shape index (κ1) is 21.2. The van der Waals surface area contributed by atoms with Gasteiger partial charge in [-0.25, -0.2) is 8.97 Å². The molecule has 9 heteroatoms. The van der Waals surface area contributed by atoms with Gasteiger partial charge in [-0.1, -0.05) is 23.9 Å². The molecule has 0 atom stereocenters. The summed E-state index contributed by atoms with van der Waals surface area (Å²) in [5, 5.41) is 10.3. The molecule has 0 spiro atoms. The van der Waals surface area contributed by atoms with E-state index in [4.69, 9.17) is 9.47 Å². The van der Waals surface area contributed by atoms with Gasteiger partial charge in [0, 0.05) is 17.1 Å².